The second-order valence-electron chi connectivity index (χ2n) is 6.63. The zero-order chi connectivity index (χ0) is 18.8. The van der Waals surface area contributed by atoms with Crippen LogP contribution in [0.25, 0.3) is 0 Å². The lowest BCUT2D eigenvalue weighted by molar-refractivity contribution is -0.125. The number of carbonyl (C=O) groups is 2. The van der Waals surface area contributed by atoms with E-state index in [-0.39, 0.29) is 25.0 Å². The molecule has 27 heavy (non-hydrogen) atoms. The van der Waals surface area contributed by atoms with Gasteiger partial charge in [-0.1, -0.05) is 15.9 Å². The first-order valence-electron chi connectivity index (χ1n) is 8.87. The molecule has 0 unspecified atom stereocenters. The van der Waals surface area contributed by atoms with Crippen molar-refractivity contribution in [1.82, 2.24) is 10.2 Å². The van der Waals surface area contributed by atoms with Crippen molar-refractivity contribution in [3.05, 3.63) is 44.6 Å². The van der Waals surface area contributed by atoms with Gasteiger partial charge in [0.2, 0.25) is 5.91 Å². The van der Waals surface area contributed by atoms with Crippen LogP contribution < -0.4 is 15.0 Å². The number of fused-ring (bicyclic) bond motifs is 2. The first kappa shape index (κ1) is 18.5. The van der Waals surface area contributed by atoms with E-state index in [9.17, 15) is 9.59 Å². The molecule has 3 heterocycles. The topological polar surface area (TPSA) is 61.9 Å². The minimum atomic E-state index is -0.207. The lowest BCUT2D eigenvalue weighted by Crippen LogP contribution is -2.46. The number of benzene rings is 1. The van der Waals surface area contributed by atoms with Gasteiger partial charge in [-0.2, -0.15) is 0 Å². The SMILES string of the molecule is O=C(CN1C(=O)COc2cc(Br)ccc21)NCCN1CCc2sccc2C1. The summed E-state index contributed by atoms with van der Waals surface area (Å²) >= 11 is 5.21. The summed E-state index contributed by atoms with van der Waals surface area (Å²) in [6.07, 6.45) is 1.08. The standard InChI is InChI=1S/C19H20BrN3O3S/c20-14-1-2-15-16(9-14)26-12-19(25)23(15)11-18(24)21-5-7-22-6-3-17-13(10-22)4-8-27-17/h1-2,4,8-9H,3,5-7,10-12H2,(H,21,24). The van der Waals surface area contributed by atoms with Gasteiger partial charge in [-0.15, -0.1) is 11.3 Å². The molecule has 0 saturated heterocycles. The highest BCUT2D eigenvalue weighted by Gasteiger charge is 2.27. The highest BCUT2D eigenvalue weighted by atomic mass is 79.9. The number of hydrogen-bond donors (Lipinski definition) is 1. The maximum absolute atomic E-state index is 12.4. The average molecular weight is 450 g/mol. The molecule has 1 aromatic carbocycles. The van der Waals surface area contributed by atoms with Crippen LogP contribution >= 0.6 is 27.3 Å². The van der Waals surface area contributed by atoms with Crippen molar-refractivity contribution in [3.63, 3.8) is 0 Å². The number of nitrogens with one attached hydrogen (secondary N) is 1. The van der Waals surface area contributed by atoms with Crippen molar-refractivity contribution in [2.24, 2.45) is 0 Å². The van der Waals surface area contributed by atoms with Crippen LogP contribution in [0.1, 0.15) is 10.4 Å². The Morgan fingerprint density at radius 3 is 3.11 bits per heavy atom. The third kappa shape index (κ3) is 4.17. The van der Waals surface area contributed by atoms with Gasteiger partial charge in [0.05, 0.1) is 5.69 Å². The van der Waals surface area contributed by atoms with Gasteiger partial charge in [-0.3, -0.25) is 19.4 Å². The number of rotatable bonds is 5. The third-order valence-electron chi connectivity index (χ3n) is 4.80. The Morgan fingerprint density at radius 2 is 2.22 bits per heavy atom. The monoisotopic (exact) mass is 449 g/mol. The first-order valence-corrected chi connectivity index (χ1v) is 10.5. The van der Waals surface area contributed by atoms with Crippen LogP contribution in [-0.2, 0) is 22.6 Å². The van der Waals surface area contributed by atoms with Gasteiger partial charge in [-0.25, -0.2) is 0 Å². The quantitative estimate of drug-likeness (QED) is 0.760. The Labute approximate surface area is 170 Å². The fraction of sp³-hybridized carbons (Fsp3) is 0.368. The number of halogens is 1. The Balaban J connectivity index is 1.29. The lowest BCUT2D eigenvalue weighted by Gasteiger charge is -2.29. The minimum Gasteiger partial charge on any atom is -0.482 e. The molecule has 8 heteroatoms. The number of nitrogens with zero attached hydrogens (tertiary/aromatic N) is 2. The molecule has 0 bridgehead atoms. The van der Waals surface area contributed by atoms with Gasteiger partial charge in [0.15, 0.2) is 6.61 Å². The summed E-state index contributed by atoms with van der Waals surface area (Å²) in [6, 6.07) is 7.61. The smallest absolute Gasteiger partial charge is 0.265 e. The van der Waals surface area contributed by atoms with E-state index in [2.05, 4.69) is 37.6 Å². The summed E-state index contributed by atoms with van der Waals surface area (Å²) in [5, 5.41) is 5.08. The first-order chi connectivity index (χ1) is 13.1. The molecular formula is C19H20BrN3O3S. The minimum absolute atomic E-state index is 0.00546. The highest BCUT2D eigenvalue weighted by molar-refractivity contribution is 9.10. The molecule has 6 nitrogen and oxygen atoms in total. The molecule has 1 N–H and O–H groups in total. The molecule has 0 spiro atoms. The van der Waals surface area contributed by atoms with E-state index < -0.39 is 0 Å². The number of carbonyl (C=O) groups excluding carboxylic acids is 2. The van der Waals surface area contributed by atoms with Gasteiger partial charge in [0.25, 0.3) is 5.91 Å². The molecule has 2 aromatic rings. The van der Waals surface area contributed by atoms with Crippen molar-refractivity contribution < 1.29 is 14.3 Å². The molecule has 2 aliphatic rings. The normalized spacial score (nSPS) is 16.5. The van der Waals surface area contributed by atoms with Crippen LogP contribution in [0.4, 0.5) is 5.69 Å². The van der Waals surface area contributed by atoms with Crippen molar-refractivity contribution >= 4 is 44.8 Å². The Bertz CT molecular complexity index is 870. The van der Waals surface area contributed by atoms with Crippen molar-refractivity contribution in [2.75, 3.05) is 37.7 Å². The van der Waals surface area contributed by atoms with E-state index in [1.54, 1.807) is 6.07 Å². The Hall–Kier alpha value is -1.90. The summed E-state index contributed by atoms with van der Waals surface area (Å²) < 4.78 is 6.32. The predicted octanol–water partition coefficient (Wildman–Crippen LogP) is 2.41. The largest absolute Gasteiger partial charge is 0.482 e. The second kappa shape index (κ2) is 8.00. The van der Waals surface area contributed by atoms with Crippen molar-refractivity contribution in [3.8, 4) is 5.75 Å². The maximum atomic E-state index is 12.4. The predicted molar refractivity (Wildman–Crippen MR) is 108 cm³/mol. The molecule has 0 aliphatic carbocycles. The van der Waals surface area contributed by atoms with E-state index in [1.165, 1.54) is 15.3 Å². The molecular weight excluding hydrogens is 430 g/mol. The summed E-state index contributed by atoms with van der Waals surface area (Å²) in [7, 11) is 0. The summed E-state index contributed by atoms with van der Waals surface area (Å²) in [5.74, 6) is 0.241. The highest BCUT2D eigenvalue weighted by Crippen LogP contribution is 2.34. The fourth-order valence-corrected chi connectivity index (χ4v) is 4.63. The van der Waals surface area contributed by atoms with Gasteiger partial charge in [0.1, 0.15) is 12.3 Å². The van der Waals surface area contributed by atoms with E-state index >= 15 is 0 Å². The van der Waals surface area contributed by atoms with E-state index in [0.717, 1.165) is 30.5 Å². The van der Waals surface area contributed by atoms with Crippen molar-refractivity contribution in [2.45, 2.75) is 13.0 Å². The molecule has 0 radical (unpaired) electrons. The zero-order valence-electron chi connectivity index (χ0n) is 14.7. The molecule has 2 aliphatic heterocycles. The number of hydrogen-bond acceptors (Lipinski definition) is 5. The van der Waals surface area contributed by atoms with Gasteiger partial charge >= 0.3 is 0 Å². The second-order valence-corrected chi connectivity index (χ2v) is 8.54. The number of amides is 2. The van der Waals surface area contributed by atoms with Gasteiger partial charge < -0.3 is 10.1 Å². The molecule has 4 rings (SSSR count). The third-order valence-corrected chi connectivity index (χ3v) is 6.32. The maximum Gasteiger partial charge on any atom is 0.265 e. The molecule has 1 aromatic heterocycles. The van der Waals surface area contributed by atoms with Crippen LogP contribution in [-0.4, -0.2) is 49.5 Å². The summed E-state index contributed by atoms with van der Waals surface area (Å²) in [6.45, 7) is 3.30. The van der Waals surface area contributed by atoms with E-state index in [4.69, 9.17) is 4.74 Å². The van der Waals surface area contributed by atoms with Gasteiger partial charge in [0, 0.05) is 35.5 Å². The fourth-order valence-electron chi connectivity index (χ4n) is 3.40. The molecule has 142 valence electrons. The van der Waals surface area contributed by atoms with Crippen LogP contribution in [0.15, 0.2) is 34.1 Å². The van der Waals surface area contributed by atoms with Crippen LogP contribution in [0.5, 0.6) is 5.75 Å². The van der Waals surface area contributed by atoms with Crippen LogP contribution in [0, 0.1) is 0 Å². The summed E-state index contributed by atoms with van der Waals surface area (Å²) in [4.78, 5) is 29.9. The Kier molecular flexibility index (Phi) is 5.47. The van der Waals surface area contributed by atoms with Crippen LogP contribution in [0.3, 0.4) is 0 Å². The zero-order valence-corrected chi connectivity index (χ0v) is 17.1. The summed E-state index contributed by atoms with van der Waals surface area (Å²) in [5.41, 5.74) is 2.03. The number of anilines is 1. The average Bonchev–Trinajstić information content (AvgIpc) is 3.12. The Morgan fingerprint density at radius 1 is 1.33 bits per heavy atom. The molecule has 0 fully saturated rings. The van der Waals surface area contributed by atoms with Crippen LogP contribution in [0.2, 0.25) is 0 Å². The van der Waals surface area contributed by atoms with E-state index in [0.29, 0.717) is 18.0 Å². The molecule has 0 atom stereocenters. The van der Waals surface area contributed by atoms with E-state index in [1.807, 2.05) is 23.5 Å². The lowest BCUT2D eigenvalue weighted by atomic mass is 10.1. The molecule has 2 amide bonds. The van der Waals surface area contributed by atoms with Crippen molar-refractivity contribution in [1.29, 1.82) is 0 Å². The van der Waals surface area contributed by atoms with Gasteiger partial charge in [-0.05, 0) is 41.6 Å². The number of ether oxygens (including phenoxy) is 1. The number of thiophene rings is 1. The molecule has 0 saturated carbocycles.